The van der Waals surface area contributed by atoms with E-state index in [9.17, 15) is 4.79 Å². The highest BCUT2D eigenvalue weighted by Gasteiger charge is 2.09. The standard InChI is InChI=1S/C16H17N7O3/c1-25-13-4-3-10(6-14(13)26-2)5-12-15(24)20-16(23-21-12)22-19-8-11-7-17-9-18-11/h3-4,6-9H,5H2,1-2H3,(H,17,18)(H2,20,22,23,24)/b19-8+. The minimum atomic E-state index is -0.353. The zero-order valence-corrected chi connectivity index (χ0v) is 14.2. The highest BCUT2D eigenvalue weighted by Crippen LogP contribution is 2.27. The summed E-state index contributed by atoms with van der Waals surface area (Å²) in [7, 11) is 3.12. The Morgan fingerprint density at radius 2 is 2.08 bits per heavy atom. The molecule has 0 saturated heterocycles. The molecule has 26 heavy (non-hydrogen) atoms. The summed E-state index contributed by atoms with van der Waals surface area (Å²) in [5.74, 6) is 1.34. The Kier molecular flexibility index (Phi) is 5.22. The van der Waals surface area contributed by atoms with Crippen LogP contribution in [0, 0.1) is 0 Å². The van der Waals surface area contributed by atoms with Gasteiger partial charge in [-0.1, -0.05) is 6.07 Å². The van der Waals surface area contributed by atoms with E-state index in [1.165, 1.54) is 12.5 Å². The van der Waals surface area contributed by atoms with Gasteiger partial charge in [-0.05, 0) is 17.7 Å². The number of nitrogens with zero attached hydrogens (tertiary/aromatic N) is 4. The molecule has 0 unspecified atom stereocenters. The maximum atomic E-state index is 12.2. The third kappa shape index (κ3) is 4.04. The number of anilines is 1. The highest BCUT2D eigenvalue weighted by atomic mass is 16.5. The molecule has 0 aliphatic rings. The van der Waals surface area contributed by atoms with E-state index in [1.807, 2.05) is 6.07 Å². The van der Waals surface area contributed by atoms with Crippen LogP contribution in [-0.4, -0.2) is 45.6 Å². The van der Waals surface area contributed by atoms with E-state index < -0.39 is 0 Å². The maximum Gasteiger partial charge on any atom is 0.274 e. The molecule has 0 spiro atoms. The molecular weight excluding hydrogens is 338 g/mol. The van der Waals surface area contributed by atoms with Crippen molar-refractivity contribution in [2.45, 2.75) is 6.42 Å². The van der Waals surface area contributed by atoms with Crippen LogP contribution in [-0.2, 0) is 6.42 Å². The Bertz CT molecular complexity index is 951. The zero-order valence-electron chi connectivity index (χ0n) is 14.2. The zero-order chi connectivity index (χ0) is 18.4. The van der Waals surface area contributed by atoms with Gasteiger partial charge in [0.05, 0.1) is 38.7 Å². The number of hydrogen-bond acceptors (Lipinski definition) is 8. The van der Waals surface area contributed by atoms with Crippen molar-refractivity contribution in [3.8, 4) is 11.5 Å². The van der Waals surface area contributed by atoms with Crippen LogP contribution in [0.25, 0.3) is 0 Å². The van der Waals surface area contributed by atoms with Crippen molar-refractivity contribution < 1.29 is 9.47 Å². The van der Waals surface area contributed by atoms with Gasteiger partial charge >= 0.3 is 0 Å². The largest absolute Gasteiger partial charge is 0.493 e. The second-order valence-corrected chi connectivity index (χ2v) is 5.19. The first-order valence-corrected chi connectivity index (χ1v) is 7.64. The first-order chi connectivity index (χ1) is 12.7. The Morgan fingerprint density at radius 1 is 1.23 bits per heavy atom. The van der Waals surface area contributed by atoms with E-state index in [1.54, 1.807) is 32.5 Å². The molecule has 10 heteroatoms. The summed E-state index contributed by atoms with van der Waals surface area (Å²) in [5.41, 5.74) is 4.08. The summed E-state index contributed by atoms with van der Waals surface area (Å²) >= 11 is 0. The number of H-pyrrole nitrogens is 2. The summed E-state index contributed by atoms with van der Waals surface area (Å²) in [6.45, 7) is 0. The molecule has 0 aliphatic carbocycles. The molecule has 134 valence electrons. The molecule has 0 aliphatic heterocycles. The lowest BCUT2D eigenvalue weighted by molar-refractivity contribution is 0.354. The quantitative estimate of drug-likeness (QED) is 0.425. The van der Waals surface area contributed by atoms with Gasteiger partial charge in [0, 0.05) is 6.42 Å². The van der Waals surface area contributed by atoms with Crippen molar-refractivity contribution in [2.24, 2.45) is 5.10 Å². The Hall–Kier alpha value is -3.69. The lowest BCUT2D eigenvalue weighted by Crippen LogP contribution is -2.18. The molecule has 2 heterocycles. The molecule has 1 aromatic carbocycles. The predicted molar refractivity (Wildman–Crippen MR) is 94.8 cm³/mol. The average molecular weight is 355 g/mol. The van der Waals surface area contributed by atoms with E-state index in [-0.39, 0.29) is 17.2 Å². The van der Waals surface area contributed by atoms with Gasteiger partial charge in [0.1, 0.15) is 5.69 Å². The number of hydrazone groups is 1. The summed E-state index contributed by atoms with van der Waals surface area (Å²) in [6, 6.07) is 5.40. The van der Waals surface area contributed by atoms with E-state index >= 15 is 0 Å². The van der Waals surface area contributed by atoms with Gasteiger partial charge in [0.2, 0.25) is 5.95 Å². The van der Waals surface area contributed by atoms with Crippen LogP contribution < -0.4 is 20.5 Å². The van der Waals surface area contributed by atoms with Gasteiger partial charge < -0.3 is 14.5 Å². The van der Waals surface area contributed by atoms with Crippen LogP contribution in [0.1, 0.15) is 17.0 Å². The van der Waals surface area contributed by atoms with Crippen LogP contribution >= 0.6 is 0 Å². The van der Waals surface area contributed by atoms with E-state index in [0.29, 0.717) is 23.6 Å². The second kappa shape index (κ2) is 7.92. The fourth-order valence-electron chi connectivity index (χ4n) is 2.21. The van der Waals surface area contributed by atoms with E-state index in [2.05, 4.69) is 35.7 Å². The van der Waals surface area contributed by atoms with Gasteiger partial charge in [-0.2, -0.15) is 5.10 Å². The molecule has 3 N–H and O–H groups in total. The van der Waals surface area contributed by atoms with Gasteiger partial charge in [-0.25, -0.2) is 10.4 Å². The fraction of sp³-hybridized carbons (Fsp3) is 0.188. The van der Waals surface area contributed by atoms with Gasteiger partial charge in [0.15, 0.2) is 11.5 Å². The van der Waals surface area contributed by atoms with Gasteiger partial charge in [-0.3, -0.25) is 9.78 Å². The minimum absolute atomic E-state index is 0.141. The maximum absolute atomic E-state index is 12.2. The molecule has 3 rings (SSSR count). The number of imidazole rings is 1. The smallest absolute Gasteiger partial charge is 0.274 e. The van der Waals surface area contributed by atoms with Crippen molar-refractivity contribution in [2.75, 3.05) is 19.6 Å². The summed E-state index contributed by atoms with van der Waals surface area (Å²) in [5, 5.41) is 11.8. The molecule has 0 radical (unpaired) electrons. The average Bonchev–Trinajstić information content (AvgIpc) is 3.17. The van der Waals surface area contributed by atoms with Gasteiger partial charge in [-0.15, -0.1) is 10.2 Å². The molecule has 2 aromatic heterocycles. The van der Waals surface area contributed by atoms with Gasteiger partial charge in [0.25, 0.3) is 5.56 Å². The van der Waals surface area contributed by atoms with Crippen LogP contribution in [0.4, 0.5) is 5.95 Å². The summed E-state index contributed by atoms with van der Waals surface area (Å²) in [4.78, 5) is 21.5. The van der Waals surface area contributed by atoms with E-state index in [0.717, 1.165) is 5.56 Å². The van der Waals surface area contributed by atoms with Crippen molar-refractivity contribution >= 4 is 12.2 Å². The molecule has 0 saturated carbocycles. The molecule has 0 fully saturated rings. The normalized spacial score (nSPS) is 10.8. The van der Waals surface area contributed by atoms with Crippen LogP contribution in [0.2, 0.25) is 0 Å². The number of nitrogens with one attached hydrogen (secondary N) is 3. The fourth-order valence-corrected chi connectivity index (χ4v) is 2.21. The lowest BCUT2D eigenvalue weighted by atomic mass is 10.1. The molecule has 0 atom stereocenters. The first-order valence-electron chi connectivity index (χ1n) is 7.64. The Balaban J connectivity index is 1.70. The third-order valence-corrected chi connectivity index (χ3v) is 3.48. The van der Waals surface area contributed by atoms with Crippen LogP contribution in [0.5, 0.6) is 11.5 Å². The van der Waals surface area contributed by atoms with Crippen molar-refractivity contribution in [3.63, 3.8) is 0 Å². The number of ether oxygens (including phenoxy) is 2. The SMILES string of the molecule is COc1ccc(Cc2nnc(N/N=C/c3cnc[nH]3)[nH]c2=O)cc1OC. The second-order valence-electron chi connectivity index (χ2n) is 5.19. The number of rotatable bonds is 7. The number of methoxy groups -OCH3 is 2. The lowest BCUT2D eigenvalue weighted by Gasteiger charge is -2.09. The minimum Gasteiger partial charge on any atom is -0.493 e. The van der Waals surface area contributed by atoms with Crippen LogP contribution in [0.15, 0.2) is 40.6 Å². The Labute approximate surface area is 148 Å². The third-order valence-electron chi connectivity index (χ3n) is 3.48. The van der Waals surface area contributed by atoms with Crippen molar-refractivity contribution in [1.82, 2.24) is 25.1 Å². The number of benzene rings is 1. The summed E-state index contributed by atoms with van der Waals surface area (Å²) < 4.78 is 10.5. The molecule has 10 nitrogen and oxygen atoms in total. The molecule has 0 bridgehead atoms. The van der Waals surface area contributed by atoms with Crippen LogP contribution in [0.3, 0.4) is 0 Å². The van der Waals surface area contributed by atoms with Crippen molar-refractivity contribution in [1.29, 1.82) is 0 Å². The number of hydrogen-bond donors (Lipinski definition) is 3. The monoisotopic (exact) mass is 355 g/mol. The van der Waals surface area contributed by atoms with E-state index in [4.69, 9.17) is 9.47 Å². The number of aromatic nitrogens is 5. The molecular formula is C16H17N7O3. The topological polar surface area (TPSA) is 130 Å². The Morgan fingerprint density at radius 3 is 2.77 bits per heavy atom. The predicted octanol–water partition coefficient (Wildman–Crippen LogP) is 0.942. The molecule has 3 aromatic rings. The summed E-state index contributed by atoms with van der Waals surface area (Å²) in [6.07, 6.45) is 4.95. The van der Waals surface area contributed by atoms with Crippen molar-refractivity contribution in [3.05, 3.63) is 58.0 Å². The molecule has 0 amide bonds. The highest BCUT2D eigenvalue weighted by molar-refractivity contribution is 5.76. The number of aromatic amines is 2. The first kappa shape index (κ1) is 17.1.